The first-order chi connectivity index (χ1) is 14.6. The molecule has 0 fully saturated rings. The molecule has 0 aliphatic rings. The van der Waals surface area contributed by atoms with Crippen molar-refractivity contribution in [1.82, 2.24) is 10.2 Å². The fraction of sp³-hybridized carbons (Fsp3) is 0.0870. The lowest BCUT2D eigenvalue weighted by Gasteiger charge is -2.23. The second-order valence-corrected chi connectivity index (χ2v) is 6.50. The van der Waals surface area contributed by atoms with Gasteiger partial charge in [0.05, 0.1) is 0 Å². The second-order valence-electron chi connectivity index (χ2n) is 6.50. The van der Waals surface area contributed by atoms with Crippen LogP contribution in [0.15, 0.2) is 83.3 Å². The molecule has 4 rings (SSSR count). The predicted molar refractivity (Wildman–Crippen MR) is 113 cm³/mol. The zero-order valence-electron chi connectivity index (χ0n) is 16.2. The SMILES string of the molecule is CCN(c1ccccc1)c1ccc(C(=O)Nc2nnc(-c3ccc(F)cc3)o2)cc1. The number of halogens is 1. The molecule has 4 aromatic rings. The monoisotopic (exact) mass is 402 g/mol. The van der Waals surface area contributed by atoms with Gasteiger partial charge in [-0.15, -0.1) is 5.10 Å². The van der Waals surface area contributed by atoms with E-state index in [1.54, 1.807) is 12.1 Å². The van der Waals surface area contributed by atoms with Gasteiger partial charge in [0.15, 0.2) is 0 Å². The average Bonchev–Trinajstić information content (AvgIpc) is 3.24. The van der Waals surface area contributed by atoms with Crippen molar-refractivity contribution in [3.8, 4) is 11.5 Å². The highest BCUT2D eigenvalue weighted by molar-refractivity contribution is 6.03. The molecule has 1 aromatic heterocycles. The van der Waals surface area contributed by atoms with Gasteiger partial charge in [0.1, 0.15) is 5.82 Å². The predicted octanol–water partition coefficient (Wildman–Crippen LogP) is 5.29. The molecule has 0 atom stereocenters. The molecule has 30 heavy (non-hydrogen) atoms. The zero-order chi connectivity index (χ0) is 20.9. The Hall–Kier alpha value is -4.00. The van der Waals surface area contributed by atoms with Crippen molar-refractivity contribution >= 4 is 23.3 Å². The summed E-state index contributed by atoms with van der Waals surface area (Å²) in [5, 5.41) is 10.3. The van der Waals surface area contributed by atoms with E-state index in [2.05, 4.69) is 27.3 Å². The van der Waals surface area contributed by atoms with Crippen LogP contribution >= 0.6 is 0 Å². The fourth-order valence-electron chi connectivity index (χ4n) is 3.07. The molecule has 0 radical (unpaired) electrons. The van der Waals surface area contributed by atoms with E-state index in [0.29, 0.717) is 11.1 Å². The minimum Gasteiger partial charge on any atom is -0.403 e. The number of rotatable bonds is 6. The van der Waals surface area contributed by atoms with Crippen molar-refractivity contribution in [3.05, 3.63) is 90.2 Å². The van der Waals surface area contributed by atoms with Gasteiger partial charge in [-0.25, -0.2) is 4.39 Å². The summed E-state index contributed by atoms with van der Waals surface area (Å²) in [5.74, 6) is -0.523. The van der Waals surface area contributed by atoms with Crippen LogP contribution in [0.5, 0.6) is 0 Å². The molecular formula is C23H19FN4O2. The Bertz CT molecular complexity index is 1130. The van der Waals surface area contributed by atoms with E-state index in [0.717, 1.165) is 17.9 Å². The van der Waals surface area contributed by atoms with E-state index >= 15 is 0 Å². The summed E-state index contributed by atoms with van der Waals surface area (Å²) in [6.07, 6.45) is 0. The topological polar surface area (TPSA) is 71.3 Å². The Morgan fingerprint density at radius 2 is 1.60 bits per heavy atom. The molecule has 1 heterocycles. The number of benzene rings is 3. The summed E-state index contributed by atoms with van der Waals surface area (Å²) in [5.41, 5.74) is 3.09. The number of hydrogen-bond donors (Lipinski definition) is 1. The molecule has 0 saturated carbocycles. The third-order valence-electron chi connectivity index (χ3n) is 4.56. The van der Waals surface area contributed by atoms with E-state index in [1.165, 1.54) is 24.3 Å². The summed E-state index contributed by atoms with van der Waals surface area (Å²) in [6.45, 7) is 2.87. The second kappa shape index (κ2) is 8.57. The summed E-state index contributed by atoms with van der Waals surface area (Å²) >= 11 is 0. The van der Waals surface area contributed by atoms with Gasteiger partial charge < -0.3 is 9.32 Å². The van der Waals surface area contributed by atoms with Gasteiger partial charge in [-0.1, -0.05) is 23.3 Å². The van der Waals surface area contributed by atoms with Crippen molar-refractivity contribution in [3.63, 3.8) is 0 Å². The van der Waals surface area contributed by atoms with Crippen molar-refractivity contribution in [2.75, 3.05) is 16.8 Å². The Morgan fingerprint density at radius 3 is 2.27 bits per heavy atom. The van der Waals surface area contributed by atoms with Gasteiger partial charge in [0.2, 0.25) is 5.89 Å². The summed E-state index contributed by atoms with van der Waals surface area (Å²) in [6, 6.07) is 22.9. The smallest absolute Gasteiger partial charge is 0.322 e. The maximum atomic E-state index is 13.0. The number of nitrogens with zero attached hydrogens (tertiary/aromatic N) is 3. The molecule has 0 aliphatic carbocycles. The van der Waals surface area contributed by atoms with Crippen LogP contribution in [0.1, 0.15) is 17.3 Å². The Labute approximate surface area is 173 Å². The largest absolute Gasteiger partial charge is 0.403 e. The minimum absolute atomic E-state index is 0.0251. The fourth-order valence-corrected chi connectivity index (χ4v) is 3.07. The third kappa shape index (κ3) is 4.20. The Morgan fingerprint density at radius 1 is 0.933 bits per heavy atom. The van der Waals surface area contributed by atoms with Gasteiger partial charge in [-0.05, 0) is 67.6 Å². The Balaban J connectivity index is 1.46. The first kappa shape index (κ1) is 19.3. The van der Waals surface area contributed by atoms with Crippen LogP contribution in [-0.2, 0) is 0 Å². The lowest BCUT2D eigenvalue weighted by atomic mass is 10.1. The van der Waals surface area contributed by atoms with Gasteiger partial charge in [0, 0.05) is 29.0 Å². The van der Waals surface area contributed by atoms with E-state index < -0.39 is 0 Å². The van der Waals surface area contributed by atoms with Crippen LogP contribution in [0, 0.1) is 5.82 Å². The first-order valence-electron chi connectivity index (χ1n) is 9.47. The molecule has 1 N–H and O–H groups in total. The number of aromatic nitrogens is 2. The maximum Gasteiger partial charge on any atom is 0.322 e. The van der Waals surface area contributed by atoms with Crippen LogP contribution in [0.25, 0.3) is 11.5 Å². The molecule has 0 spiro atoms. The van der Waals surface area contributed by atoms with Gasteiger partial charge in [-0.2, -0.15) is 0 Å². The molecule has 0 aliphatic heterocycles. The molecule has 0 saturated heterocycles. The van der Waals surface area contributed by atoms with Crippen LogP contribution in [0.4, 0.5) is 21.8 Å². The van der Waals surface area contributed by atoms with Crippen LogP contribution in [0.3, 0.4) is 0 Å². The molecule has 6 nitrogen and oxygen atoms in total. The number of anilines is 3. The minimum atomic E-state index is -0.362. The van der Waals surface area contributed by atoms with Crippen molar-refractivity contribution in [2.24, 2.45) is 0 Å². The van der Waals surface area contributed by atoms with Crippen molar-refractivity contribution in [1.29, 1.82) is 0 Å². The van der Waals surface area contributed by atoms with Crippen molar-refractivity contribution < 1.29 is 13.6 Å². The lowest BCUT2D eigenvalue weighted by Crippen LogP contribution is -2.16. The normalized spacial score (nSPS) is 10.6. The molecule has 7 heteroatoms. The molecule has 0 bridgehead atoms. The highest BCUT2D eigenvalue weighted by Gasteiger charge is 2.14. The number of hydrogen-bond acceptors (Lipinski definition) is 5. The number of amides is 1. The van der Waals surface area contributed by atoms with E-state index in [4.69, 9.17) is 4.42 Å². The Kier molecular flexibility index (Phi) is 5.52. The summed E-state index contributed by atoms with van der Waals surface area (Å²) in [7, 11) is 0. The molecule has 3 aromatic carbocycles. The van der Waals surface area contributed by atoms with Gasteiger partial charge in [0.25, 0.3) is 5.91 Å². The molecule has 0 unspecified atom stereocenters. The number of carbonyl (C=O) groups excluding carboxylic acids is 1. The van der Waals surface area contributed by atoms with Gasteiger partial charge >= 0.3 is 6.01 Å². The quantitative estimate of drug-likeness (QED) is 0.475. The zero-order valence-corrected chi connectivity index (χ0v) is 16.2. The molecule has 1 amide bonds. The lowest BCUT2D eigenvalue weighted by molar-refractivity contribution is 0.102. The van der Waals surface area contributed by atoms with E-state index in [-0.39, 0.29) is 23.6 Å². The number of para-hydroxylation sites is 1. The number of carbonyl (C=O) groups is 1. The molecule has 150 valence electrons. The summed E-state index contributed by atoms with van der Waals surface area (Å²) in [4.78, 5) is 14.7. The standard InChI is InChI=1S/C23H19FN4O2/c1-2-28(19-6-4-3-5-7-19)20-14-10-16(11-15-20)21(29)25-23-27-26-22(30-23)17-8-12-18(24)13-9-17/h3-15H,2H2,1H3,(H,25,27,29). The highest BCUT2D eigenvalue weighted by Crippen LogP contribution is 2.25. The van der Waals surface area contributed by atoms with E-state index in [9.17, 15) is 9.18 Å². The first-order valence-corrected chi connectivity index (χ1v) is 9.47. The average molecular weight is 402 g/mol. The van der Waals surface area contributed by atoms with Gasteiger partial charge in [-0.3, -0.25) is 10.1 Å². The number of nitrogens with one attached hydrogen (secondary N) is 1. The van der Waals surface area contributed by atoms with Crippen molar-refractivity contribution in [2.45, 2.75) is 6.92 Å². The summed E-state index contributed by atoms with van der Waals surface area (Å²) < 4.78 is 18.5. The maximum absolute atomic E-state index is 13.0. The van der Waals surface area contributed by atoms with E-state index in [1.807, 2.05) is 42.5 Å². The third-order valence-corrected chi connectivity index (χ3v) is 4.56. The van der Waals surface area contributed by atoms with Crippen LogP contribution in [0.2, 0.25) is 0 Å². The highest BCUT2D eigenvalue weighted by atomic mass is 19.1. The molecular weight excluding hydrogens is 383 g/mol. The van der Waals surface area contributed by atoms with Crippen LogP contribution in [-0.4, -0.2) is 22.6 Å². The van der Waals surface area contributed by atoms with Crippen LogP contribution < -0.4 is 10.2 Å².